The summed E-state index contributed by atoms with van der Waals surface area (Å²) in [6, 6.07) is 39.2. The summed E-state index contributed by atoms with van der Waals surface area (Å²) in [5, 5.41) is 28.2. The smallest absolute Gasteiger partial charge is 0.407 e. The molecule has 1 saturated heterocycles. The Morgan fingerprint density at radius 2 is 1.19 bits per heavy atom. The Bertz CT molecular complexity index is 2660. The molecule has 0 spiro atoms. The van der Waals surface area contributed by atoms with Gasteiger partial charge < -0.3 is 30.3 Å². The first-order valence-electron chi connectivity index (χ1n) is 23.1. The zero-order valence-electron chi connectivity index (χ0n) is 37.7. The maximum Gasteiger partial charge on any atom is 0.407 e. The molecule has 15 heteroatoms. The van der Waals surface area contributed by atoms with Gasteiger partial charge in [-0.1, -0.05) is 134 Å². The highest BCUT2D eigenvalue weighted by molar-refractivity contribution is 6.06. The van der Waals surface area contributed by atoms with Gasteiger partial charge in [-0.25, -0.2) is 9.59 Å². The van der Waals surface area contributed by atoms with Crippen LogP contribution in [0.15, 0.2) is 146 Å². The van der Waals surface area contributed by atoms with Crippen molar-refractivity contribution in [3.63, 3.8) is 0 Å². The van der Waals surface area contributed by atoms with Crippen molar-refractivity contribution in [2.24, 2.45) is 11.8 Å². The molecule has 1 aliphatic heterocycles. The Hall–Kier alpha value is -7.91. The maximum atomic E-state index is 14.0. The molecule has 9 rings (SSSR count). The summed E-state index contributed by atoms with van der Waals surface area (Å²) in [7, 11) is 0. The van der Waals surface area contributed by atoms with Gasteiger partial charge >= 0.3 is 12.1 Å². The Balaban J connectivity index is 0.823. The Labute approximate surface area is 399 Å². The number of fused-ring (bicyclic) bond motifs is 3. The average Bonchev–Trinajstić information content (AvgIpc) is 4.26. The molecule has 5 amide bonds. The molecular formula is C54H52N6O9. The van der Waals surface area contributed by atoms with Crippen LogP contribution in [-0.4, -0.2) is 101 Å². The van der Waals surface area contributed by atoms with Crippen molar-refractivity contribution in [2.45, 2.75) is 55.1 Å². The fourth-order valence-corrected chi connectivity index (χ4v) is 9.61. The highest BCUT2D eigenvalue weighted by Crippen LogP contribution is 2.45. The molecule has 0 radical (unpaired) electrons. The Kier molecular flexibility index (Phi) is 13.5. The van der Waals surface area contributed by atoms with Crippen LogP contribution in [0.2, 0.25) is 0 Å². The number of benzene rings is 5. The number of hydrogen-bond donors (Lipinski definition) is 5. The van der Waals surface area contributed by atoms with E-state index < -0.39 is 54.0 Å². The number of amidine groups is 1. The monoisotopic (exact) mass is 928 g/mol. The summed E-state index contributed by atoms with van der Waals surface area (Å²) in [6.45, 7) is 3.26. The molecule has 7 atom stereocenters. The molecule has 69 heavy (non-hydrogen) atoms. The summed E-state index contributed by atoms with van der Waals surface area (Å²) in [4.78, 5) is 82.9. The highest BCUT2D eigenvalue weighted by Gasteiger charge is 2.49. The van der Waals surface area contributed by atoms with Crippen LogP contribution in [0.1, 0.15) is 75.2 Å². The van der Waals surface area contributed by atoms with Gasteiger partial charge in [-0.3, -0.25) is 29.8 Å². The normalized spacial score (nSPS) is 21.1. The number of amides is 5. The van der Waals surface area contributed by atoms with Crippen LogP contribution in [0, 0.1) is 17.2 Å². The largest absolute Gasteiger partial charge is 0.460 e. The van der Waals surface area contributed by atoms with Crippen LogP contribution in [-0.2, 0) is 28.7 Å². The number of hydrogen-bond acceptors (Lipinski definition) is 10. The number of esters is 1. The van der Waals surface area contributed by atoms with Gasteiger partial charge in [-0.15, -0.1) is 0 Å². The summed E-state index contributed by atoms with van der Waals surface area (Å²) in [5.41, 5.74) is 6.50. The van der Waals surface area contributed by atoms with Crippen molar-refractivity contribution in [3.8, 4) is 11.1 Å². The van der Waals surface area contributed by atoms with Crippen molar-refractivity contribution < 1.29 is 43.4 Å². The minimum Gasteiger partial charge on any atom is -0.460 e. The lowest BCUT2D eigenvalue weighted by molar-refractivity contribution is -0.154. The number of nitrogens with one attached hydrogen (secondary N) is 4. The van der Waals surface area contributed by atoms with Gasteiger partial charge in [-0.2, -0.15) is 5.06 Å². The van der Waals surface area contributed by atoms with Crippen LogP contribution in [0.25, 0.3) is 11.1 Å². The van der Waals surface area contributed by atoms with Crippen LogP contribution in [0.3, 0.4) is 0 Å². The highest BCUT2D eigenvalue weighted by atomic mass is 16.6. The summed E-state index contributed by atoms with van der Waals surface area (Å²) >= 11 is 0. The average molecular weight is 929 g/mol. The van der Waals surface area contributed by atoms with E-state index in [-0.39, 0.29) is 84.1 Å². The molecule has 0 bridgehead atoms. The van der Waals surface area contributed by atoms with E-state index in [1.807, 2.05) is 109 Å². The summed E-state index contributed by atoms with van der Waals surface area (Å²) < 4.78 is 10.7. The first-order chi connectivity index (χ1) is 33.5. The van der Waals surface area contributed by atoms with Crippen molar-refractivity contribution >= 4 is 41.5 Å². The molecule has 352 valence electrons. The number of alkyl carbamates (subject to hydrolysis) is 1. The lowest BCUT2D eigenvalue weighted by Gasteiger charge is -2.21. The standard InChI is InChI=1S/C54H52N6O9/c1-2-25-68-53(65)47(58-54(66)69-31-44-38-19-11-9-17-36(38)37-18-10-12-20-39(37)44)28-48(61)60(67)49(55)34-21-23-35(24-22-34)52(64)59-29-42(50(62)56-45-26-40(45)32-13-5-3-6-14-32)43(30-59)51(63)57-46-27-41(46)33-15-7-4-8-16-33/h2-24,40-47,55,67H,1,25-31H2,(H,56,62)(H,57,63)(H,58,66)/t40-,41-,42-,43-,45+,46+,47+/m1/s1. The molecule has 5 aromatic carbocycles. The fourth-order valence-electron chi connectivity index (χ4n) is 9.61. The number of nitrogens with zero attached hydrogens (tertiary/aromatic N) is 2. The predicted molar refractivity (Wildman–Crippen MR) is 254 cm³/mol. The third-order valence-corrected chi connectivity index (χ3v) is 13.5. The number of rotatable bonds is 16. The second-order valence-corrected chi connectivity index (χ2v) is 17.9. The lowest BCUT2D eigenvalue weighted by atomic mass is 9.94. The van der Waals surface area contributed by atoms with E-state index in [4.69, 9.17) is 14.9 Å². The van der Waals surface area contributed by atoms with E-state index in [1.165, 1.54) is 35.2 Å². The quantitative estimate of drug-likeness (QED) is 0.0188. The lowest BCUT2D eigenvalue weighted by Crippen LogP contribution is -2.46. The van der Waals surface area contributed by atoms with Gasteiger partial charge in [0.2, 0.25) is 11.8 Å². The third kappa shape index (κ3) is 10.2. The maximum absolute atomic E-state index is 14.0. The van der Waals surface area contributed by atoms with E-state index in [9.17, 15) is 34.0 Å². The second-order valence-electron chi connectivity index (χ2n) is 17.9. The molecule has 1 heterocycles. The number of likely N-dealkylation sites (tertiary alicyclic amines) is 1. The van der Waals surface area contributed by atoms with Gasteiger partial charge in [0.15, 0.2) is 5.84 Å². The third-order valence-electron chi connectivity index (χ3n) is 13.5. The van der Waals surface area contributed by atoms with E-state index in [2.05, 4.69) is 22.5 Å². The molecule has 5 N–H and O–H groups in total. The topological polar surface area (TPSA) is 208 Å². The molecule has 15 nitrogen and oxygen atoms in total. The number of hydroxylamine groups is 2. The number of carbonyl (C=O) groups excluding carboxylic acids is 6. The van der Waals surface area contributed by atoms with Gasteiger partial charge in [0, 0.05) is 54.1 Å². The zero-order chi connectivity index (χ0) is 48.2. The van der Waals surface area contributed by atoms with Crippen molar-refractivity contribution in [2.75, 3.05) is 26.3 Å². The van der Waals surface area contributed by atoms with Gasteiger partial charge in [0.05, 0.1) is 18.3 Å². The molecule has 3 aliphatic carbocycles. The summed E-state index contributed by atoms with van der Waals surface area (Å²) in [6.07, 6.45) is 1.08. The SMILES string of the molecule is C=CCOC(=O)[C@H](CC(=O)N(O)C(=N)c1ccc(C(=O)N2C[C@@H](C(=O)N[C@H]3C[C@@H]3c3ccccc3)[C@H](C(=O)N[C@H]3C[C@@H]3c3ccccc3)C2)cc1)NC(=O)OCC1c2ccccc2-c2ccccc21. The van der Waals surface area contributed by atoms with Crippen LogP contribution < -0.4 is 16.0 Å². The molecule has 4 aliphatic rings. The molecule has 5 aromatic rings. The molecular weight excluding hydrogens is 877 g/mol. The van der Waals surface area contributed by atoms with Gasteiger partial charge in [-0.05, 0) is 58.4 Å². The first-order valence-corrected chi connectivity index (χ1v) is 23.1. The fraction of sp³-hybridized carbons (Fsp3) is 0.278. The Morgan fingerprint density at radius 1 is 0.696 bits per heavy atom. The van der Waals surface area contributed by atoms with Gasteiger partial charge in [0.25, 0.3) is 11.8 Å². The zero-order valence-corrected chi connectivity index (χ0v) is 37.7. The number of ether oxygens (including phenoxy) is 2. The first kappa shape index (κ1) is 46.2. The summed E-state index contributed by atoms with van der Waals surface area (Å²) in [5.74, 6) is -5.30. The van der Waals surface area contributed by atoms with Crippen LogP contribution >= 0.6 is 0 Å². The molecule has 0 aromatic heterocycles. The Morgan fingerprint density at radius 3 is 1.71 bits per heavy atom. The molecule has 0 unspecified atom stereocenters. The molecule has 2 saturated carbocycles. The van der Waals surface area contributed by atoms with E-state index >= 15 is 0 Å². The van der Waals surface area contributed by atoms with E-state index in [0.717, 1.165) is 46.2 Å². The number of carbonyl (C=O) groups is 6. The second kappa shape index (κ2) is 20.1. The van der Waals surface area contributed by atoms with E-state index in [0.29, 0.717) is 0 Å². The van der Waals surface area contributed by atoms with Crippen molar-refractivity contribution in [1.29, 1.82) is 5.41 Å². The van der Waals surface area contributed by atoms with Gasteiger partial charge in [0.1, 0.15) is 19.3 Å². The minimum absolute atomic E-state index is 0.00915. The van der Waals surface area contributed by atoms with E-state index in [1.54, 1.807) is 0 Å². The molecule has 3 fully saturated rings. The minimum atomic E-state index is -1.60. The predicted octanol–water partition coefficient (Wildman–Crippen LogP) is 6.29. The van der Waals surface area contributed by atoms with Crippen LogP contribution in [0.4, 0.5) is 4.79 Å². The van der Waals surface area contributed by atoms with Crippen LogP contribution in [0.5, 0.6) is 0 Å². The van der Waals surface area contributed by atoms with Crippen molar-refractivity contribution in [3.05, 3.63) is 179 Å². The van der Waals surface area contributed by atoms with Crippen molar-refractivity contribution in [1.82, 2.24) is 25.9 Å².